The van der Waals surface area contributed by atoms with Gasteiger partial charge in [0.1, 0.15) is 5.69 Å². The number of primary amides is 1. The molecule has 0 heterocycles. The molecule has 0 atom stereocenters. The number of nitrogens with two attached hydrogens (primary N) is 1. The largest absolute Gasteiger partial charge is 0.383 e. The van der Waals surface area contributed by atoms with E-state index in [1.807, 2.05) is 0 Å². The number of anilines is 2. The smallest absolute Gasteiger partial charge is 0.293 e. The molecule has 11 heteroatoms. The minimum atomic E-state index is -0.621. The van der Waals surface area contributed by atoms with Gasteiger partial charge in [0.25, 0.3) is 17.5 Å². The summed E-state index contributed by atoms with van der Waals surface area (Å²) in [5.41, 5.74) is 5.48. The lowest BCUT2D eigenvalue weighted by atomic mass is 10.1. The quantitative estimate of drug-likeness (QED) is 0.239. The molecule has 11 nitrogen and oxygen atoms in total. The maximum atomic E-state index is 12.7. The number of nitrogens with zero attached hydrogens (tertiary/aromatic N) is 1. The molecule has 2 aromatic rings. The first-order valence-electron chi connectivity index (χ1n) is 9.31. The number of para-hydroxylation sites is 1. The second-order valence-electron chi connectivity index (χ2n) is 6.38. The Labute approximate surface area is 178 Å². The summed E-state index contributed by atoms with van der Waals surface area (Å²) in [4.78, 5) is 46.6. The highest BCUT2D eigenvalue weighted by Gasteiger charge is 2.19. The first-order chi connectivity index (χ1) is 14.8. The van der Waals surface area contributed by atoms with Crippen molar-refractivity contribution in [3.63, 3.8) is 0 Å². The standard InChI is InChI=1S/C20H23N5O6/c1-31-11-10-22-16-7-6-13(12-17(16)25(29)30)19(27)24-15-5-3-2-4-14(15)20(28)23-9-8-18(21)26/h2-7,12,22H,8-11H2,1H3,(H2,21,26)(H,23,28)(H,24,27). The second-order valence-corrected chi connectivity index (χ2v) is 6.38. The fraction of sp³-hybridized carbons (Fsp3) is 0.250. The van der Waals surface area contributed by atoms with Crippen LogP contribution in [-0.4, -0.2) is 49.5 Å². The second kappa shape index (κ2) is 11.3. The number of methoxy groups -OCH3 is 1. The molecular formula is C20H23N5O6. The van der Waals surface area contributed by atoms with E-state index in [0.29, 0.717) is 13.2 Å². The maximum Gasteiger partial charge on any atom is 0.293 e. The lowest BCUT2D eigenvalue weighted by Gasteiger charge is -2.12. The molecule has 2 aromatic carbocycles. The van der Waals surface area contributed by atoms with Gasteiger partial charge in [0.2, 0.25) is 5.91 Å². The van der Waals surface area contributed by atoms with Crippen LogP contribution in [0.1, 0.15) is 27.1 Å². The Morgan fingerprint density at radius 3 is 2.48 bits per heavy atom. The normalized spacial score (nSPS) is 10.2. The third-order valence-corrected chi connectivity index (χ3v) is 4.16. The summed E-state index contributed by atoms with van der Waals surface area (Å²) in [6.45, 7) is 0.777. The number of nitrogens with one attached hydrogen (secondary N) is 3. The molecule has 0 spiro atoms. The Bertz CT molecular complexity index is 978. The zero-order chi connectivity index (χ0) is 22.8. The summed E-state index contributed by atoms with van der Waals surface area (Å²) in [5.74, 6) is -1.67. The van der Waals surface area contributed by atoms with Crippen LogP contribution in [0.3, 0.4) is 0 Å². The zero-order valence-electron chi connectivity index (χ0n) is 16.8. The van der Waals surface area contributed by atoms with Crippen LogP contribution in [0.4, 0.5) is 17.1 Å². The fourth-order valence-corrected chi connectivity index (χ4v) is 2.64. The number of carbonyl (C=O) groups excluding carboxylic acids is 3. The van der Waals surface area contributed by atoms with Crippen molar-refractivity contribution >= 4 is 34.8 Å². The van der Waals surface area contributed by atoms with Gasteiger partial charge in [0.15, 0.2) is 0 Å². The molecule has 164 valence electrons. The van der Waals surface area contributed by atoms with Crippen LogP contribution in [0, 0.1) is 10.1 Å². The summed E-state index contributed by atoms with van der Waals surface area (Å²) >= 11 is 0. The Kier molecular flexibility index (Phi) is 8.46. The average molecular weight is 429 g/mol. The van der Waals surface area contributed by atoms with Gasteiger partial charge in [-0.05, 0) is 24.3 Å². The van der Waals surface area contributed by atoms with Crippen molar-refractivity contribution in [1.29, 1.82) is 0 Å². The summed E-state index contributed by atoms with van der Waals surface area (Å²) in [7, 11) is 1.51. The maximum absolute atomic E-state index is 12.7. The molecule has 0 fully saturated rings. The number of rotatable bonds is 11. The molecule has 31 heavy (non-hydrogen) atoms. The van der Waals surface area contributed by atoms with Crippen LogP contribution in [0.2, 0.25) is 0 Å². The van der Waals surface area contributed by atoms with Crippen LogP contribution in [0.5, 0.6) is 0 Å². The molecule has 2 rings (SSSR count). The zero-order valence-corrected chi connectivity index (χ0v) is 16.8. The number of hydrogen-bond acceptors (Lipinski definition) is 7. The molecule has 0 bridgehead atoms. The Hall–Kier alpha value is -3.99. The van der Waals surface area contributed by atoms with Gasteiger partial charge in [-0.15, -0.1) is 0 Å². The molecule has 3 amide bonds. The van der Waals surface area contributed by atoms with Gasteiger partial charge in [0.05, 0.1) is 22.8 Å². The summed E-state index contributed by atoms with van der Waals surface area (Å²) < 4.78 is 4.91. The van der Waals surface area contributed by atoms with Gasteiger partial charge >= 0.3 is 0 Å². The van der Waals surface area contributed by atoms with Gasteiger partial charge in [-0.3, -0.25) is 24.5 Å². The molecule has 0 unspecified atom stereocenters. The summed E-state index contributed by atoms with van der Waals surface area (Å²) in [6, 6.07) is 10.3. The highest BCUT2D eigenvalue weighted by molar-refractivity contribution is 6.09. The van der Waals surface area contributed by atoms with Crippen molar-refractivity contribution in [3.8, 4) is 0 Å². The first kappa shape index (κ1) is 23.3. The average Bonchev–Trinajstić information content (AvgIpc) is 2.74. The molecule has 0 saturated carbocycles. The van der Waals surface area contributed by atoms with E-state index in [1.54, 1.807) is 12.1 Å². The van der Waals surface area contributed by atoms with Crippen molar-refractivity contribution in [2.75, 3.05) is 37.4 Å². The van der Waals surface area contributed by atoms with E-state index in [4.69, 9.17) is 10.5 Å². The van der Waals surface area contributed by atoms with Crippen molar-refractivity contribution in [2.45, 2.75) is 6.42 Å². The van der Waals surface area contributed by atoms with E-state index < -0.39 is 22.6 Å². The molecule has 5 N–H and O–H groups in total. The van der Waals surface area contributed by atoms with E-state index in [0.717, 1.165) is 6.07 Å². The lowest BCUT2D eigenvalue weighted by Crippen LogP contribution is -2.28. The summed E-state index contributed by atoms with van der Waals surface area (Å²) in [6.07, 6.45) is -0.0191. The lowest BCUT2D eigenvalue weighted by molar-refractivity contribution is -0.384. The van der Waals surface area contributed by atoms with Crippen molar-refractivity contribution in [3.05, 3.63) is 63.7 Å². The van der Waals surface area contributed by atoms with Gasteiger partial charge in [0, 0.05) is 38.2 Å². The molecule has 0 aliphatic rings. The molecule has 0 radical (unpaired) electrons. The summed E-state index contributed by atoms with van der Waals surface area (Å²) in [5, 5.41) is 19.4. The van der Waals surface area contributed by atoms with Crippen LogP contribution in [0.15, 0.2) is 42.5 Å². The van der Waals surface area contributed by atoms with E-state index in [9.17, 15) is 24.5 Å². The van der Waals surface area contributed by atoms with E-state index >= 15 is 0 Å². The number of carbonyl (C=O) groups is 3. The molecule has 0 aromatic heterocycles. The Morgan fingerprint density at radius 1 is 1.06 bits per heavy atom. The monoisotopic (exact) mass is 429 g/mol. The molecule has 0 aliphatic carbocycles. The molecular weight excluding hydrogens is 406 g/mol. The van der Waals surface area contributed by atoms with Crippen molar-refractivity contribution < 1.29 is 24.0 Å². The van der Waals surface area contributed by atoms with Crippen LogP contribution >= 0.6 is 0 Å². The predicted octanol–water partition coefficient (Wildman–Crippen LogP) is 1.51. The van der Waals surface area contributed by atoms with E-state index in [-0.39, 0.29) is 41.2 Å². The first-order valence-corrected chi connectivity index (χ1v) is 9.31. The number of ether oxygens (including phenoxy) is 1. The van der Waals surface area contributed by atoms with Crippen LogP contribution in [0.25, 0.3) is 0 Å². The Balaban J connectivity index is 2.18. The van der Waals surface area contributed by atoms with Crippen LogP contribution < -0.4 is 21.7 Å². The van der Waals surface area contributed by atoms with E-state index in [2.05, 4.69) is 16.0 Å². The van der Waals surface area contributed by atoms with Gasteiger partial charge in [-0.2, -0.15) is 0 Å². The van der Waals surface area contributed by atoms with Crippen molar-refractivity contribution in [1.82, 2.24) is 5.32 Å². The van der Waals surface area contributed by atoms with Crippen LogP contribution in [-0.2, 0) is 9.53 Å². The van der Waals surface area contributed by atoms with Gasteiger partial charge in [-0.1, -0.05) is 12.1 Å². The predicted molar refractivity (Wildman–Crippen MR) is 114 cm³/mol. The number of nitro benzene ring substituents is 1. The van der Waals surface area contributed by atoms with Crippen molar-refractivity contribution in [2.24, 2.45) is 5.73 Å². The molecule has 0 aliphatic heterocycles. The third-order valence-electron chi connectivity index (χ3n) is 4.16. The highest BCUT2D eigenvalue weighted by Crippen LogP contribution is 2.26. The SMILES string of the molecule is COCCNc1ccc(C(=O)Nc2ccccc2C(=O)NCCC(N)=O)cc1[N+](=O)[O-]. The minimum absolute atomic E-state index is 0.0191. The number of amides is 3. The minimum Gasteiger partial charge on any atom is -0.383 e. The number of hydrogen-bond donors (Lipinski definition) is 4. The fourth-order valence-electron chi connectivity index (χ4n) is 2.64. The number of nitro groups is 1. The molecule has 0 saturated heterocycles. The number of benzene rings is 2. The third kappa shape index (κ3) is 6.78. The topological polar surface area (TPSA) is 166 Å². The Morgan fingerprint density at radius 2 is 1.81 bits per heavy atom. The van der Waals surface area contributed by atoms with Gasteiger partial charge < -0.3 is 26.4 Å². The van der Waals surface area contributed by atoms with E-state index in [1.165, 1.54) is 31.4 Å². The highest BCUT2D eigenvalue weighted by atomic mass is 16.6. The van der Waals surface area contributed by atoms with Gasteiger partial charge in [-0.25, -0.2) is 0 Å².